The molecular formula is C22H27ClN4O2. The highest BCUT2D eigenvalue weighted by Gasteiger charge is 2.34. The molecule has 6 nitrogen and oxygen atoms in total. The summed E-state index contributed by atoms with van der Waals surface area (Å²) in [5, 5.41) is 7.35. The summed E-state index contributed by atoms with van der Waals surface area (Å²) >= 11 is 6.49. The second kappa shape index (κ2) is 8.33. The van der Waals surface area contributed by atoms with Gasteiger partial charge in [-0.25, -0.2) is 10.2 Å². The van der Waals surface area contributed by atoms with E-state index in [1.54, 1.807) is 25.5 Å². The van der Waals surface area contributed by atoms with Gasteiger partial charge in [-0.3, -0.25) is 0 Å². The van der Waals surface area contributed by atoms with Crippen molar-refractivity contribution in [1.82, 2.24) is 5.43 Å². The molecule has 2 aromatic carbocycles. The minimum Gasteiger partial charge on any atom is -0.495 e. The van der Waals surface area contributed by atoms with E-state index in [0.717, 1.165) is 17.7 Å². The van der Waals surface area contributed by atoms with Crippen LogP contribution in [0.5, 0.6) is 5.75 Å². The van der Waals surface area contributed by atoms with Crippen LogP contribution >= 0.6 is 11.6 Å². The number of methoxy groups -OCH3 is 1. The number of amides is 2. The average Bonchev–Trinajstić information content (AvgIpc) is 2.67. The lowest BCUT2D eigenvalue weighted by Crippen LogP contribution is -2.45. The molecule has 7 heteroatoms. The lowest BCUT2D eigenvalue weighted by Gasteiger charge is -2.45. The first-order chi connectivity index (χ1) is 13.7. The zero-order valence-electron chi connectivity index (χ0n) is 17.4. The number of nitrogens with one attached hydrogen (secondary N) is 2. The van der Waals surface area contributed by atoms with Crippen LogP contribution in [0, 0.1) is 0 Å². The summed E-state index contributed by atoms with van der Waals surface area (Å²) in [7, 11) is 3.65. The Labute approximate surface area is 176 Å². The van der Waals surface area contributed by atoms with Gasteiger partial charge in [-0.05, 0) is 56.0 Å². The zero-order chi connectivity index (χ0) is 21.2. The molecule has 1 atom stereocenters. The van der Waals surface area contributed by atoms with Crippen molar-refractivity contribution < 1.29 is 9.53 Å². The first kappa shape index (κ1) is 21.0. The number of ether oxygens (including phenoxy) is 1. The molecule has 1 aliphatic rings. The first-order valence-electron chi connectivity index (χ1n) is 9.53. The van der Waals surface area contributed by atoms with Crippen molar-refractivity contribution in [3.63, 3.8) is 0 Å². The van der Waals surface area contributed by atoms with Crippen molar-refractivity contribution in [2.24, 2.45) is 5.10 Å². The second-order valence-corrected chi connectivity index (χ2v) is 8.34. The van der Waals surface area contributed by atoms with Gasteiger partial charge in [0.25, 0.3) is 0 Å². The number of halogens is 1. The fraction of sp³-hybridized carbons (Fsp3) is 0.364. The Morgan fingerprint density at radius 2 is 2.07 bits per heavy atom. The Hall–Kier alpha value is -2.73. The molecule has 0 aliphatic carbocycles. The molecule has 2 N–H and O–H groups in total. The summed E-state index contributed by atoms with van der Waals surface area (Å²) in [6, 6.07) is 10.7. The van der Waals surface area contributed by atoms with Crippen LogP contribution in [0.2, 0.25) is 5.02 Å². The largest absolute Gasteiger partial charge is 0.495 e. The number of carbonyl (C=O) groups is 1. The van der Waals surface area contributed by atoms with Gasteiger partial charge in [0.05, 0.1) is 24.0 Å². The lowest BCUT2D eigenvalue weighted by molar-refractivity contribution is 0.252. The van der Waals surface area contributed by atoms with Crippen LogP contribution in [-0.2, 0) is 0 Å². The standard InChI is InChI=1S/C22H27ClN4O2/c1-14-12-22(2,3)27(4)19-11-17(23)15(10-16(14)19)13-24-26-21(28)25-18-8-6-7-9-20(18)29-5/h6-11,13-14H,12H2,1-5H3,(H2,25,26,28)/b24-13+. The van der Waals surface area contributed by atoms with E-state index in [1.807, 2.05) is 18.2 Å². The van der Waals surface area contributed by atoms with Crippen LogP contribution in [0.4, 0.5) is 16.2 Å². The van der Waals surface area contributed by atoms with E-state index in [9.17, 15) is 4.79 Å². The number of benzene rings is 2. The third-order valence-electron chi connectivity index (χ3n) is 5.48. The van der Waals surface area contributed by atoms with E-state index < -0.39 is 6.03 Å². The maximum absolute atomic E-state index is 12.1. The monoisotopic (exact) mass is 414 g/mol. The summed E-state index contributed by atoms with van der Waals surface area (Å²) in [6.45, 7) is 6.70. The number of urea groups is 1. The molecular weight excluding hydrogens is 388 g/mol. The van der Waals surface area contributed by atoms with E-state index in [-0.39, 0.29) is 5.54 Å². The molecule has 154 valence electrons. The molecule has 0 bridgehead atoms. The van der Waals surface area contributed by atoms with Crippen molar-refractivity contribution in [3.8, 4) is 5.75 Å². The van der Waals surface area contributed by atoms with Crippen LogP contribution in [-0.4, -0.2) is 31.9 Å². The summed E-state index contributed by atoms with van der Waals surface area (Å²) in [5.41, 5.74) is 6.24. The summed E-state index contributed by atoms with van der Waals surface area (Å²) < 4.78 is 5.22. The molecule has 2 aromatic rings. The van der Waals surface area contributed by atoms with Gasteiger partial charge in [-0.15, -0.1) is 0 Å². The van der Waals surface area contributed by atoms with Crippen molar-refractivity contribution >= 4 is 35.2 Å². The van der Waals surface area contributed by atoms with Gasteiger partial charge < -0.3 is 15.0 Å². The first-order valence-corrected chi connectivity index (χ1v) is 9.91. The molecule has 1 heterocycles. The summed E-state index contributed by atoms with van der Waals surface area (Å²) in [5.74, 6) is 0.979. The van der Waals surface area contributed by atoms with E-state index in [2.05, 4.69) is 54.6 Å². The predicted octanol–water partition coefficient (Wildman–Crippen LogP) is 5.23. The molecule has 1 unspecified atom stereocenters. The van der Waals surface area contributed by atoms with Crippen LogP contribution in [0.1, 0.15) is 44.2 Å². The third kappa shape index (κ3) is 4.48. The number of anilines is 2. The molecule has 2 amide bonds. The highest BCUT2D eigenvalue weighted by atomic mass is 35.5. The van der Waals surface area contributed by atoms with Gasteiger partial charge in [0.2, 0.25) is 0 Å². The molecule has 0 spiro atoms. The average molecular weight is 415 g/mol. The van der Waals surface area contributed by atoms with Gasteiger partial charge in [-0.1, -0.05) is 30.7 Å². The number of fused-ring (bicyclic) bond motifs is 1. The summed E-state index contributed by atoms with van der Waals surface area (Å²) in [6.07, 6.45) is 2.62. The Morgan fingerprint density at radius 1 is 1.34 bits per heavy atom. The second-order valence-electron chi connectivity index (χ2n) is 7.93. The number of hydrogen-bond donors (Lipinski definition) is 2. The fourth-order valence-corrected chi connectivity index (χ4v) is 3.97. The number of hydrazone groups is 1. The molecule has 0 radical (unpaired) electrons. The molecule has 0 saturated heterocycles. The molecule has 29 heavy (non-hydrogen) atoms. The molecule has 0 saturated carbocycles. The van der Waals surface area contributed by atoms with Crippen LogP contribution in [0.25, 0.3) is 0 Å². The van der Waals surface area contributed by atoms with Crippen molar-refractivity contribution in [2.75, 3.05) is 24.4 Å². The van der Waals surface area contributed by atoms with E-state index in [1.165, 1.54) is 5.56 Å². The SMILES string of the molecule is COc1ccccc1NC(=O)N/N=C/c1cc2c(cc1Cl)N(C)C(C)(C)CC2C. The van der Waals surface area contributed by atoms with E-state index >= 15 is 0 Å². The van der Waals surface area contributed by atoms with Gasteiger partial charge in [-0.2, -0.15) is 5.10 Å². The quantitative estimate of drug-likeness (QED) is 0.532. The number of rotatable bonds is 4. The summed E-state index contributed by atoms with van der Waals surface area (Å²) in [4.78, 5) is 14.4. The zero-order valence-corrected chi connectivity index (χ0v) is 18.2. The minimum atomic E-state index is -0.463. The molecule has 0 fully saturated rings. The van der Waals surface area contributed by atoms with Crippen molar-refractivity contribution in [2.45, 2.75) is 38.6 Å². The van der Waals surface area contributed by atoms with E-state index in [0.29, 0.717) is 22.4 Å². The number of nitrogens with zero attached hydrogens (tertiary/aromatic N) is 2. The van der Waals surface area contributed by atoms with Gasteiger partial charge >= 0.3 is 6.03 Å². The number of hydrogen-bond acceptors (Lipinski definition) is 4. The Morgan fingerprint density at radius 3 is 2.79 bits per heavy atom. The number of carbonyl (C=O) groups excluding carboxylic acids is 1. The van der Waals surface area contributed by atoms with Crippen LogP contribution in [0.3, 0.4) is 0 Å². The van der Waals surface area contributed by atoms with Crippen molar-refractivity contribution in [1.29, 1.82) is 0 Å². The smallest absolute Gasteiger partial charge is 0.339 e. The van der Waals surface area contributed by atoms with Gasteiger partial charge in [0.15, 0.2) is 0 Å². The Kier molecular flexibility index (Phi) is 6.03. The minimum absolute atomic E-state index is 0.0729. The highest BCUT2D eigenvalue weighted by molar-refractivity contribution is 6.33. The molecule has 1 aliphatic heterocycles. The normalized spacial score (nSPS) is 17.7. The van der Waals surface area contributed by atoms with Crippen LogP contribution in [0.15, 0.2) is 41.5 Å². The van der Waals surface area contributed by atoms with Crippen molar-refractivity contribution in [3.05, 3.63) is 52.5 Å². The maximum Gasteiger partial charge on any atom is 0.339 e. The maximum atomic E-state index is 12.1. The Bertz CT molecular complexity index is 942. The number of para-hydroxylation sites is 2. The molecule has 3 rings (SSSR count). The highest BCUT2D eigenvalue weighted by Crippen LogP contribution is 2.44. The van der Waals surface area contributed by atoms with Gasteiger partial charge in [0.1, 0.15) is 5.75 Å². The third-order valence-corrected chi connectivity index (χ3v) is 5.80. The van der Waals surface area contributed by atoms with Gasteiger partial charge in [0, 0.05) is 23.8 Å². The topological polar surface area (TPSA) is 66.0 Å². The fourth-order valence-electron chi connectivity index (χ4n) is 3.76. The lowest BCUT2D eigenvalue weighted by atomic mass is 9.80. The van der Waals surface area contributed by atoms with Crippen LogP contribution < -0.4 is 20.4 Å². The Balaban J connectivity index is 1.73. The predicted molar refractivity (Wildman–Crippen MR) is 120 cm³/mol. The molecule has 0 aromatic heterocycles. The van der Waals surface area contributed by atoms with E-state index in [4.69, 9.17) is 16.3 Å².